The van der Waals surface area contributed by atoms with E-state index in [0.29, 0.717) is 0 Å². The first-order valence-electron chi connectivity index (χ1n) is 5.53. The number of nitriles is 1. The molecule has 84 valence electrons. The molecule has 0 bridgehead atoms. The Bertz CT molecular complexity index is 594. The van der Waals surface area contributed by atoms with Crippen LogP contribution in [0.5, 0.6) is 0 Å². The van der Waals surface area contributed by atoms with Crippen LogP contribution in [0.2, 0.25) is 0 Å². The lowest BCUT2D eigenvalue weighted by molar-refractivity contribution is 0.649. The van der Waals surface area contributed by atoms with Crippen LogP contribution in [0.1, 0.15) is 29.9 Å². The Labute approximate surface area is 98.0 Å². The Morgan fingerprint density at radius 3 is 2.88 bits per heavy atom. The molecule has 0 atom stereocenters. The van der Waals surface area contributed by atoms with Crippen molar-refractivity contribution in [2.45, 2.75) is 25.7 Å². The molecule has 2 heterocycles. The average molecular weight is 226 g/mol. The number of rotatable bonds is 1. The smallest absolute Gasteiger partial charge is 0.241 e. The summed E-state index contributed by atoms with van der Waals surface area (Å²) in [5, 5.41) is 12.8. The fraction of sp³-hybridized carbons (Fsp3) is 0.364. The SMILES string of the molecule is N#Cc1ncn(-c2ncnc3c2CCCC3)n1. The van der Waals surface area contributed by atoms with Gasteiger partial charge in [0.2, 0.25) is 0 Å². The van der Waals surface area contributed by atoms with Gasteiger partial charge in [0.15, 0.2) is 5.82 Å². The first-order chi connectivity index (χ1) is 8.38. The summed E-state index contributed by atoms with van der Waals surface area (Å²) in [6.45, 7) is 0. The largest absolute Gasteiger partial charge is 0.252 e. The van der Waals surface area contributed by atoms with E-state index in [9.17, 15) is 0 Å². The van der Waals surface area contributed by atoms with Crippen molar-refractivity contribution in [2.75, 3.05) is 0 Å². The lowest BCUT2D eigenvalue weighted by Gasteiger charge is -2.16. The van der Waals surface area contributed by atoms with E-state index < -0.39 is 0 Å². The van der Waals surface area contributed by atoms with Crippen LogP contribution in [0.3, 0.4) is 0 Å². The molecule has 0 radical (unpaired) electrons. The van der Waals surface area contributed by atoms with Crippen LogP contribution in [0, 0.1) is 11.3 Å². The molecular formula is C11H10N6. The van der Waals surface area contributed by atoms with E-state index in [1.54, 1.807) is 11.0 Å². The van der Waals surface area contributed by atoms with E-state index in [1.165, 1.54) is 12.7 Å². The molecule has 6 nitrogen and oxygen atoms in total. The van der Waals surface area contributed by atoms with Gasteiger partial charge in [0.25, 0.3) is 5.82 Å². The van der Waals surface area contributed by atoms with Crippen LogP contribution < -0.4 is 0 Å². The molecule has 0 aromatic carbocycles. The van der Waals surface area contributed by atoms with Crippen molar-refractivity contribution in [3.05, 3.63) is 29.7 Å². The maximum absolute atomic E-state index is 8.72. The highest BCUT2D eigenvalue weighted by Gasteiger charge is 2.17. The van der Waals surface area contributed by atoms with Gasteiger partial charge in [-0.2, -0.15) is 5.26 Å². The third-order valence-corrected chi connectivity index (χ3v) is 2.91. The van der Waals surface area contributed by atoms with Crippen molar-refractivity contribution in [1.29, 1.82) is 5.26 Å². The zero-order valence-electron chi connectivity index (χ0n) is 9.17. The Hall–Kier alpha value is -2.29. The predicted molar refractivity (Wildman–Crippen MR) is 58.3 cm³/mol. The monoisotopic (exact) mass is 226 g/mol. The molecule has 0 aliphatic heterocycles. The molecule has 0 N–H and O–H groups in total. The molecule has 6 heteroatoms. The van der Waals surface area contributed by atoms with Gasteiger partial charge in [-0.25, -0.2) is 19.6 Å². The second-order valence-corrected chi connectivity index (χ2v) is 3.95. The van der Waals surface area contributed by atoms with Gasteiger partial charge in [0, 0.05) is 11.3 Å². The highest BCUT2D eigenvalue weighted by atomic mass is 15.4. The molecule has 2 aromatic rings. The molecule has 0 spiro atoms. The number of hydrogen-bond donors (Lipinski definition) is 0. The van der Waals surface area contributed by atoms with Crippen LogP contribution in [0.15, 0.2) is 12.7 Å². The summed E-state index contributed by atoms with van der Waals surface area (Å²) in [4.78, 5) is 12.4. The van der Waals surface area contributed by atoms with Gasteiger partial charge in [-0.05, 0) is 25.7 Å². The van der Waals surface area contributed by atoms with Gasteiger partial charge in [0.05, 0.1) is 0 Å². The maximum atomic E-state index is 8.72. The van der Waals surface area contributed by atoms with Gasteiger partial charge in [0.1, 0.15) is 18.7 Å². The van der Waals surface area contributed by atoms with Gasteiger partial charge in [-0.1, -0.05) is 0 Å². The van der Waals surface area contributed by atoms with Gasteiger partial charge in [-0.3, -0.25) is 0 Å². The lowest BCUT2D eigenvalue weighted by Crippen LogP contribution is -2.12. The third-order valence-electron chi connectivity index (χ3n) is 2.91. The zero-order chi connectivity index (χ0) is 11.7. The van der Waals surface area contributed by atoms with Crippen LogP contribution in [-0.4, -0.2) is 24.7 Å². The Morgan fingerprint density at radius 2 is 2.06 bits per heavy atom. The first-order valence-corrected chi connectivity index (χ1v) is 5.53. The van der Waals surface area contributed by atoms with E-state index >= 15 is 0 Å². The quantitative estimate of drug-likeness (QED) is 0.718. The van der Waals surface area contributed by atoms with E-state index in [-0.39, 0.29) is 5.82 Å². The minimum absolute atomic E-state index is 0.160. The van der Waals surface area contributed by atoms with Crippen molar-refractivity contribution in [1.82, 2.24) is 24.7 Å². The summed E-state index contributed by atoms with van der Waals surface area (Å²) in [6.07, 6.45) is 7.35. The number of fused-ring (bicyclic) bond motifs is 1. The third kappa shape index (κ3) is 1.65. The Balaban J connectivity index is 2.11. The Kier molecular flexibility index (Phi) is 2.29. The number of aromatic nitrogens is 5. The predicted octanol–water partition coefficient (Wildman–Crippen LogP) is 0.808. The summed E-state index contributed by atoms with van der Waals surface area (Å²) in [6, 6.07) is 1.91. The van der Waals surface area contributed by atoms with Crippen molar-refractivity contribution in [3.8, 4) is 11.9 Å². The van der Waals surface area contributed by atoms with E-state index in [4.69, 9.17) is 5.26 Å². The van der Waals surface area contributed by atoms with Gasteiger partial charge >= 0.3 is 0 Å². The topological polar surface area (TPSA) is 80.3 Å². The van der Waals surface area contributed by atoms with E-state index in [2.05, 4.69) is 20.1 Å². The zero-order valence-corrected chi connectivity index (χ0v) is 9.17. The second-order valence-electron chi connectivity index (χ2n) is 3.95. The first kappa shape index (κ1) is 9.90. The van der Waals surface area contributed by atoms with Crippen LogP contribution in [0.25, 0.3) is 5.82 Å². The molecule has 17 heavy (non-hydrogen) atoms. The van der Waals surface area contributed by atoms with E-state index in [1.807, 2.05) is 6.07 Å². The average Bonchev–Trinajstić information content (AvgIpc) is 2.87. The number of hydrogen-bond acceptors (Lipinski definition) is 5. The number of aryl methyl sites for hydroxylation is 1. The molecule has 0 unspecified atom stereocenters. The van der Waals surface area contributed by atoms with Crippen LogP contribution in [0.4, 0.5) is 0 Å². The normalized spacial score (nSPS) is 14.1. The molecule has 0 fully saturated rings. The molecule has 0 amide bonds. The fourth-order valence-electron chi connectivity index (χ4n) is 2.12. The minimum atomic E-state index is 0.160. The standard InChI is InChI=1S/C11H10N6/c12-5-10-15-7-17(16-10)11-8-3-1-2-4-9(8)13-6-14-11/h6-7H,1-4H2. The van der Waals surface area contributed by atoms with Crippen molar-refractivity contribution < 1.29 is 0 Å². The molecule has 2 aromatic heterocycles. The summed E-state index contributed by atoms with van der Waals surface area (Å²) in [7, 11) is 0. The van der Waals surface area contributed by atoms with Crippen molar-refractivity contribution in [2.24, 2.45) is 0 Å². The van der Waals surface area contributed by atoms with Gasteiger partial charge in [-0.15, -0.1) is 5.10 Å². The minimum Gasteiger partial charge on any atom is -0.241 e. The fourth-order valence-corrected chi connectivity index (χ4v) is 2.12. The van der Waals surface area contributed by atoms with E-state index in [0.717, 1.165) is 36.3 Å². The van der Waals surface area contributed by atoms with Gasteiger partial charge < -0.3 is 0 Å². The van der Waals surface area contributed by atoms with Crippen LogP contribution in [-0.2, 0) is 12.8 Å². The van der Waals surface area contributed by atoms with Crippen molar-refractivity contribution >= 4 is 0 Å². The summed E-state index contributed by atoms with van der Waals surface area (Å²) >= 11 is 0. The second kappa shape index (κ2) is 3.94. The van der Waals surface area contributed by atoms with Crippen LogP contribution >= 0.6 is 0 Å². The Morgan fingerprint density at radius 1 is 1.18 bits per heavy atom. The molecular weight excluding hydrogens is 216 g/mol. The highest BCUT2D eigenvalue weighted by molar-refractivity contribution is 5.37. The lowest BCUT2D eigenvalue weighted by atomic mass is 9.96. The molecule has 1 aliphatic rings. The molecule has 3 rings (SSSR count). The summed E-state index contributed by atoms with van der Waals surface area (Å²) in [5.74, 6) is 0.914. The highest BCUT2D eigenvalue weighted by Crippen LogP contribution is 2.22. The summed E-state index contributed by atoms with van der Waals surface area (Å²) in [5.41, 5.74) is 2.23. The summed E-state index contributed by atoms with van der Waals surface area (Å²) < 4.78 is 1.56. The molecule has 0 saturated heterocycles. The molecule has 1 aliphatic carbocycles. The van der Waals surface area contributed by atoms with Crippen molar-refractivity contribution in [3.63, 3.8) is 0 Å². The number of nitrogens with zero attached hydrogens (tertiary/aromatic N) is 6. The maximum Gasteiger partial charge on any atom is 0.252 e. The molecule has 0 saturated carbocycles.